The van der Waals surface area contributed by atoms with Gasteiger partial charge in [0.25, 0.3) is 0 Å². The Morgan fingerprint density at radius 3 is 2.88 bits per heavy atom. The summed E-state index contributed by atoms with van der Waals surface area (Å²) in [6.45, 7) is 12.9. The molecule has 2 aliphatic rings. The maximum Gasteiger partial charge on any atom is 0.193 e. The number of nitrogens with zero attached hydrogens (tertiary/aromatic N) is 3. The van der Waals surface area contributed by atoms with Crippen LogP contribution in [0.1, 0.15) is 39.5 Å². The first-order chi connectivity index (χ1) is 11.2. The Bertz CT molecular complexity index is 361. The quantitative estimate of drug-likeness (QED) is 0.279. The average molecular weight is 452 g/mol. The summed E-state index contributed by atoms with van der Waals surface area (Å²) in [6.07, 6.45) is 5.09. The molecule has 0 aromatic carbocycles. The van der Waals surface area contributed by atoms with Crippen molar-refractivity contribution in [1.82, 2.24) is 15.1 Å². The number of guanidine groups is 1. The predicted octanol–water partition coefficient (Wildman–Crippen LogP) is 2.66. The third-order valence-corrected chi connectivity index (χ3v) is 4.89. The van der Waals surface area contributed by atoms with Crippen molar-refractivity contribution in [3.05, 3.63) is 0 Å². The molecule has 0 amide bonds. The number of rotatable bonds is 7. The molecular weight excluding hydrogens is 415 g/mol. The van der Waals surface area contributed by atoms with Crippen molar-refractivity contribution < 1.29 is 4.74 Å². The van der Waals surface area contributed by atoms with E-state index in [0.29, 0.717) is 5.92 Å². The highest BCUT2D eigenvalue weighted by atomic mass is 127. The van der Waals surface area contributed by atoms with Gasteiger partial charge in [-0.3, -0.25) is 4.99 Å². The van der Waals surface area contributed by atoms with Gasteiger partial charge in [0.1, 0.15) is 0 Å². The van der Waals surface area contributed by atoms with E-state index in [2.05, 4.69) is 36.0 Å². The van der Waals surface area contributed by atoms with E-state index < -0.39 is 0 Å². The van der Waals surface area contributed by atoms with Gasteiger partial charge in [-0.2, -0.15) is 0 Å². The van der Waals surface area contributed by atoms with Gasteiger partial charge in [0.15, 0.2) is 5.96 Å². The fraction of sp³-hybridized carbons (Fsp3) is 0.944. The van der Waals surface area contributed by atoms with Crippen LogP contribution in [0, 0.1) is 11.8 Å². The zero-order chi connectivity index (χ0) is 16.5. The Morgan fingerprint density at radius 2 is 2.21 bits per heavy atom. The Kier molecular flexibility index (Phi) is 11.3. The third kappa shape index (κ3) is 7.87. The lowest BCUT2D eigenvalue weighted by Crippen LogP contribution is -2.41. The molecule has 2 fully saturated rings. The van der Waals surface area contributed by atoms with Crippen molar-refractivity contribution in [1.29, 1.82) is 0 Å². The molecule has 24 heavy (non-hydrogen) atoms. The number of hydrogen-bond acceptors (Lipinski definition) is 3. The largest absolute Gasteiger partial charge is 0.381 e. The zero-order valence-corrected chi connectivity index (χ0v) is 18.1. The molecule has 2 atom stereocenters. The van der Waals surface area contributed by atoms with Crippen LogP contribution in [-0.4, -0.2) is 75.3 Å². The van der Waals surface area contributed by atoms with E-state index >= 15 is 0 Å². The maximum absolute atomic E-state index is 5.48. The standard InChI is InChI=1S/C18H36N4O.HI/c1-4-19-18(21(3)14-17-8-12-23-15-17)20-9-6-11-22-10-5-7-16(2)13-22;/h16-17H,4-15H2,1-3H3,(H,19,20);1H. The molecule has 0 spiro atoms. The minimum Gasteiger partial charge on any atom is -0.381 e. The number of nitrogens with one attached hydrogen (secondary N) is 1. The Labute approximate surface area is 165 Å². The molecule has 5 nitrogen and oxygen atoms in total. The van der Waals surface area contributed by atoms with Gasteiger partial charge in [-0.05, 0) is 51.6 Å². The van der Waals surface area contributed by atoms with Gasteiger partial charge in [-0.1, -0.05) is 6.92 Å². The third-order valence-electron chi connectivity index (χ3n) is 4.89. The SMILES string of the molecule is CCNC(=NCCCN1CCCC(C)C1)N(C)CC1CCOC1.I. The van der Waals surface area contributed by atoms with Crippen LogP contribution in [0.25, 0.3) is 0 Å². The second-order valence-electron chi connectivity index (χ2n) is 7.25. The molecule has 0 radical (unpaired) electrons. The van der Waals surface area contributed by atoms with E-state index in [0.717, 1.165) is 51.1 Å². The molecule has 2 unspecified atom stereocenters. The maximum atomic E-state index is 5.48. The fourth-order valence-electron chi connectivity index (χ4n) is 3.64. The van der Waals surface area contributed by atoms with Gasteiger partial charge in [0.05, 0.1) is 6.61 Å². The number of piperidine rings is 1. The van der Waals surface area contributed by atoms with Crippen molar-refractivity contribution in [2.75, 3.05) is 59.5 Å². The summed E-state index contributed by atoms with van der Waals surface area (Å²) in [5.74, 6) is 2.56. The summed E-state index contributed by atoms with van der Waals surface area (Å²) >= 11 is 0. The van der Waals surface area contributed by atoms with Crippen molar-refractivity contribution in [3.63, 3.8) is 0 Å². The van der Waals surface area contributed by atoms with E-state index in [4.69, 9.17) is 9.73 Å². The van der Waals surface area contributed by atoms with Crippen LogP contribution in [0.2, 0.25) is 0 Å². The van der Waals surface area contributed by atoms with Crippen LogP contribution in [0.3, 0.4) is 0 Å². The van der Waals surface area contributed by atoms with Crippen molar-refractivity contribution >= 4 is 29.9 Å². The summed E-state index contributed by atoms with van der Waals surface area (Å²) in [5, 5.41) is 3.42. The summed E-state index contributed by atoms with van der Waals surface area (Å²) in [7, 11) is 2.14. The molecule has 6 heteroatoms. The number of halogens is 1. The van der Waals surface area contributed by atoms with Gasteiger partial charge >= 0.3 is 0 Å². The first-order valence-electron chi connectivity index (χ1n) is 9.48. The lowest BCUT2D eigenvalue weighted by atomic mass is 10.0. The number of ether oxygens (including phenoxy) is 1. The highest BCUT2D eigenvalue weighted by Gasteiger charge is 2.19. The second-order valence-corrected chi connectivity index (χ2v) is 7.25. The summed E-state index contributed by atoms with van der Waals surface area (Å²) in [5.41, 5.74) is 0. The molecule has 1 N–H and O–H groups in total. The van der Waals surface area contributed by atoms with Gasteiger partial charge in [0.2, 0.25) is 0 Å². The molecule has 0 saturated carbocycles. The van der Waals surface area contributed by atoms with Gasteiger partial charge < -0.3 is 19.9 Å². The van der Waals surface area contributed by atoms with Gasteiger partial charge in [-0.15, -0.1) is 24.0 Å². The molecule has 0 aromatic heterocycles. The molecular formula is C18H37IN4O. The van der Waals surface area contributed by atoms with E-state index in [1.54, 1.807) is 0 Å². The van der Waals surface area contributed by atoms with E-state index in [1.807, 2.05) is 0 Å². The van der Waals surface area contributed by atoms with Crippen molar-refractivity contribution in [2.45, 2.75) is 39.5 Å². The zero-order valence-electron chi connectivity index (χ0n) is 15.8. The van der Waals surface area contributed by atoms with Crippen LogP contribution in [0.5, 0.6) is 0 Å². The first kappa shape index (κ1) is 22.0. The summed E-state index contributed by atoms with van der Waals surface area (Å²) in [4.78, 5) is 9.70. The van der Waals surface area contributed by atoms with Crippen LogP contribution in [0.15, 0.2) is 4.99 Å². The normalized spacial score (nSPS) is 25.4. The molecule has 2 heterocycles. The summed E-state index contributed by atoms with van der Waals surface area (Å²) in [6, 6.07) is 0. The first-order valence-corrected chi connectivity index (χ1v) is 9.48. The van der Waals surface area contributed by atoms with Crippen LogP contribution in [0.4, 0.5) is 0 Å². The Balaban J connectivity index is 0.00000288. The Hall–Kier alpha value is -0.0800. The molecule has 2 rings (SSSR count). The highest BCUT2D eigenvalue weighted by molar-refractivity contribution is 14.0. The number of aliphatic imine (C=N–C) groups is 1. The molecule has 0 aliphatic carbocycles. The summed E-state index contributed by atoms with van der Waals surface area (Å²) < 4.78 is 5.48. The molecule has 2 aliphatic heterocycles. The topological polar surface area (TPSA) is 40.1 Å². The highest BCUT2D eigenvalue weighted by Crippen LogP contribution is 2.15. The van der Waals surface area contributed by atoms with Crippen LogP contribution < -0.4 is 5.32 Å². The van der Waals surface area contributed by atoms with Crippen LogP contribution in [-0.2, 0) is 4.74 Å². The lowest BCUT2D eigenvalue weighted by molar-refractivity contribution is 0.181. The van der Waals surface area contributed by atoms with Crippen LogP contribution >= 0.6 is 24.0 Å². The average Bonchev–Trinajstić information content (AvgIpc) is 3.03. The number of hydrogen-bond donors (Lipinski definition) is 1. The van der Waals surface area contributed by atoms with Gasteiger partial charge in [0, 0.05) is 45.8 Å². The molecule has 142 valence electrons. The van der Waals surface area contributed by atoms with E-state index in [9.17, 15) is 0 Å². The second kappa shape index (κ2) is 12.3. The van der Waals surface area contributed by atoms with E-state index in [1.165, 1.54) is 38.9 Å². The minimum absolute atomic E-state index is 0. The van der Waals surface area contributed by atoms with Crippen molar-refractivity contribution in [3.8, 4) is 0 Å². The molecule has 2 saturated heterocycles. The van der Waals surface area contributed by atoms with E-state index in [-0.39, 0.29) is 24.0 Å². The van der Waals surface area contributed by atoms with Gasteiger partial charge in [-0.25, -0.2) is 0 Å². The minimum atomic E-state index is 0. The molecule has 0 aromatic rings. The fourth-order valence-corrected chi connectivity index (χ4v) is 3.64. The number of likely N-dealkylation sites (tertiary alicyclic amines) is 1. The monoisotopic (exact) mass is 452 g/mol. The smallest absolute Gasteiger partial charge is 0.193 e. The molecule has 0 bridgehead atoms. The Morgan fingerprint density at radius 1 is 1.38 bits per heavy atom. The lowest BCUT2D eigenvalue weighted by Gasteiger charge is -2.30. The predicted molar refractivity (Wildman–Crippen MR) is 112 cm³/mol. The van der Waals surface area contributed by atoms with Crippen molar-refractivity contribution in [2.24, 2.45) is 16.8 Å².